The van der Waals surface area contributed by atoms with E-state index in [2.05, 4.69) is 5.32 Å². The fraction of sp³-hybridized carbons (Fsp3) is 0.516. The molecule has 0 spiro atoms. The van der Waals surface area contributed by atoms with E-state index in [0.717, 1.165) is 17.7 Å². The highest BCUT2D eigenvalue weighted by Crippen LogP contribution is 2.48. The zero-order chi connectivity index (χ0) is 31.6. The Labute approximate surface area is 252 Å². The van der Waals surface area contributed by atoms with Gasteiger partial charge in [0.1, 0.15) is 18.0 Å². The van der Waals surface area contributed by atoms with Crippen molar-refractivity contribution < 1.29 is 41.1 Å². The molecule has 1 saturated carbocycles. The van der Waals surface area contributed by atoms with Crippen LogP contribution in [-0.2, 0) is 19.7 Å². The lowest BCUT2D eigenvalue weighted by Crippen LogP contribution is -2.52. The number of carbonyl (C=O) groups excluding carboxylic acids is 3. The van der Waals surface area contributed by atoms with Gasteiger partial charge in [-0.3, -0.25) is 14.5 Å². The van der Waals surface area contributed by atoms with Gasteiger partial charge in [0.2, 0.25) is 5.91 Å². The molecule has 1 aliphatic carbocycles. The van der Waals surface area contributed by atoms with Gasteiger partial charge in [-0.05, 0) is 41.0 Å². The van der Waals surface area contributed by atoms with Crippen LogP contribution in [0.3, 0.4) is 0 Å². The number of alkyl halides is 4. The maximum atomic E-state index is 15.2. The van der Waals surface area contributed by atoms with E-state index in [0.29, 0.717) is 16.7 Å². The van der Waals surface area contributed by atoms with Gasteiger partial charge in [0, 0.05) is 32.6 Å². The Morgan fingerprint density at radius 3 is 2.32 bits per heavy atom. The number of ether oxygens (including phenoxy) is 1. The van der Waals surface area contributed by atoms with Crippen molar-refractivity contribution in [2.45, 2.75) is 56.0 Å². The lowest BCUT2D eigenvalue weighted by molar-refractivity contribution is -0.149. The van der Waals surface area contributed by atoms with Crippen molar-refractivity contribution in [3.63, 3.8) is 0 Å². The molecule has 238 valence electrons. The molecule has 3 unspecified atom stereocenters. The van der Waals surface area contributed by atoms with Gasteiger partial charge < -0.3 is 19.9 Å². The largest absolute Gasteiger partial charge is 0.439 e. The number of piperazine rings is 1. The van der Waals surface area contributed by atoms with Crippen LogP contribution in [0.4, 0.5) is 26.7 Å². The zero-order valence-corrected chi connectivity index (χ0v) is 24.3. The maximum Gasteiger partial charge on any atom is 0.410 e. The van der Waals surface area contributed by atoms with Crippen LogP contribution in [0.2, 0.25) is 0 Å². The minimum Gasteiger partial charge on any atom is -0.439 e. The minimum atomic E-state index is -4.35. The van der Waals surface area contributed by atoms with E-state index in [1.807, 2.05) is 6.92 Å². The molecule has 0 aromatic heterocycles. The molecule has 5 rings (SSSR count). The number of nitrogens with zero attached hydrogens (tertiary/aromatic N) is 3. The third-order valence-electron chi connectivity index (χ3n) is 8.62. The van der Waals surface area contributed by atoms with Gasteiger partial charge in [0.05, 0.1) is 19.1 Å². The average molecular weight is 623 g/mol. The van der Waals surface area contributed by atoms with Gasteiger partial charge in [-0.2, -0.15) is 13.2 Å². The number of hydrogen-bond acceptors (Lipinski definition) is 5. The van der Waals surface area contributed by atoms with Crippen molar-refractivity contribution in [3.8, 4) is 0 Å². The van der Waals surface area contributed by atoms with Gasteiger partial charge in [-0.25, -0.2) is 13.6 Å². The summed E-state index contributed by atoms with van der Waals surface area (Å²) in [6.45, 7) is -0.241. The molecule has 2 heterocycles. The predicted molar refractivity (Wildman–Crippen MR) is 150 cm³/mol. The molecule has 44 heavy (non-hydrogen) atoms. The monoisotopic (exact) mass is 622 g/mol. The number of nitrogens with one attached hydrogen (secondary N) is 1. The normalized spacial score (nSPS) is 22.4. The summed E-state index contributed by atoms with van der Waals surface area (Å²) < 4.78 is 72.7. The number of carbonyl (C=O) groups is 3. The Kier molecular flexibility index (Phi) is 9.15. The van der Waals surface area contributed by atoms with Crippen LogP contribution in [0.5, 0.6) is 0 Å². The Bertz CT molecular complexity index is 1360. The summed E-state index contributed by atoms with van der Waals surface area (Å²) in [5, 5.41) is 2.87. The van der Waals surface area contributed by atoms with Crippen LogP contribution in [0, 0.1) is 5.82 Å². The second-order valence-electron chi connectivity index (χ2n) is 12.0. The summed E-state index contributed by atoms with van der Waals surface area (Å²) in [5.74, 6) is -1.79. The Hall–Kier alpha value is -3.74. The summed E-state index contributed by atoms with van der Waals surface area (Å²) in [7, 11) is 0. The molecule has 3 fully saturated rings. The summed E-state index contributed by atoms with van der Waals surface area (Å²) in [5.41, 5.74) is 1.58. The van der Waals surface area contributed by atoms with Crippen LogP contribution >= 0.6 is 0 Å². The Balaban J connectivity index is 1.22. The number of amides is 3. The Morgan fingerprint density at radius 1 is 1.02 bits per heavy atom. The van der Waals surface area contributed by atoms with Crippen LogP contribution in [0.1, 0.15) is 48.9 Å². The van der Waals surface area contributed by atoms with E-state index < -0.39 is 55.5 Å². The second kappa shape index (κ2) is 12.7. The van der Waals surface area contributed by atoms with Gasteiger partial charge >= 0.3 is 12.3 Å². The van der Waals surface area contributed by atoms with Crippen molar-refractivity contribution in [1.29, 1.82) is 0 Å². The molecule has 0 bridgehead atoms. The standard InChI is InChI=1S/C31H35F5N4O4/c1-30(9-10-30)23-8-7-21(15-24(23)33)27(20-5-3-2-4-6-20)37-28(42)25-16-22(32)17-40(25)26(41)18-44-29(43)39-13-11-38(12-14-39)19-31(34,35)36/h2-8,15,22,25,27H,9-14,16-19H2,1H3,(H,37,42). The third kappa shape index (κ3) is 7.48. The first kappa shape index (κ1) is 31.7. The molecule has 1 N–H and O–H groups in total. The SMILES string of the molecule is CC1(c2ccc(C(NC(=O)C3CC(F)CN3C(=O)COC(=O)N3CCN(CC(F)(F)F)CC3)c3ccccc3)cc2F)CC1. The van der Waals surface area contributed by atoms with Crippen molar-refractivity contribution in [3.05, 3.63) is 71.0 Å². The van der Waals surface area contributed by atoms with Crippen molar-refractivity contribution in [2.75, 3.05) is 45.9 Å². The minimum absolute atomic E-state index is 0.00498. The molecule has 2 aromatic rings. The molecule has 8 nitrogen and oxygen atoms in total. The first-order chi connectivity index (χ1) is 20.8. The first-order valence-electron chi connectivity index (χ1n) is 14.6. The molecule has 3 atom stereocenters. The van der Waals surface area contributed by atoms with E-state index in [-0.39, 0.29) is 50.4 Å². The van der Waals surface area contributed by atoms with E-state index in [1.165, 1.54) is 15.9 Å². The van der Waals surface area contributed by atoms with Gasteiger partial charge in [0.15, 0.2) is 6.61 Å². The van der Waals surface area contributed by atoms with Crippen LogP contribution in [0.15, 0.2) is 48.5 Å². The quantitative estimate of drug-likeness (QED) is 0.444. The van der Waals surface area contributed by atoms with Crippen LogP contribution in [-0.4, -0.2) is 96.9 Å². The topological polar surface area (TPSA) is 82.2 Å². The van der Waals surface area contributed by atoms with E-state index in [4.69, 9.17) is 4.74 Å². The van der Waals surface area contributed by atoms with E-state index >= 15 is 4.39 Å². The van der Waals surface area contributed by atoms with Gasteiger partial charge in [-0.15, -0.1) is 0 Å². The van der Waals surface area contributed by atoms with Crippen molar-refractivity contribution in [1.82, 2.24) is 20.0 Å². The number of halogens is 5. The van der Waals surface area contributed by atoms with Crippen LogP contribution < -0.4 is 5.32 Å². The lowest BCUT2D eigenvalue weighted by atomic mass is 9.92. The number of rotatable bonds is 8. The predicted octanol–water partition coefficient (Wildman–Crippen LogP) is 4.34. The number of benzene rings is 2. The molecular weight excluding hydrogens is 587 g/mol. The molecular formula is C31H35F5N4O4. The molecule has 2 saturated heterocycles. The smallest absolute Gasteiger partial charge is 0.410 e. The van der Waals surface area contributed by atoms with E-state index in [1.54, 1.807) is 42.5 Å². The van der Waals surface area contributed by atoms with Crippen LogP contribution in [0.25, 0.3) is 0 Å². The zero-order valence-electron chi connectivity index (χ0n) is 24.3. The maximum absolute atomic E-state index is 15.2. The van der Waals surface area contributed by atoms with Gasteiger partial charge in [-0.1, -0.05) is 49.4 Å². The lowest BCUT2D eigenvalue weighted by Gasteiger charge is -2.34. The van der Waals surface area contributed by atoms with E-state index in [9.17, 15) is 31.9 Å². The summed E-state index contributed by atoms with van der Waals surface area (Å²) in [6, 6.07) is 11.8. The Morgan fingerprint density at radius 2 is 1.70 bits per heavy atom. The average Bonchev–Trinajstić information content (AvgIpc) is 3.60. The van der Waals surface area contributed by atoms with Crippen molar-refractivity contribution in [2.24, 2.45) is 0 Å². The third-order valence-corrected chi connectivity index (χ3v) is 8.62. The molecule has 2 aliphatic heterocycles. The molecule has 0 radical (unpaired) electrons. The highest BCUT2D eigenvalue weighted by molar-refractivity contribution is 5.90. The highest BCUT2D eigenvalue weighted by Gasteiger charge is 2.43. The van der Waals surface area contributed by atoms with Crippen molar-refractivity contribution >= 4 is 17.9 Å². The second-order valence-corrected chi connectivity index (χ2v) is 12.0. The summed E-state index contributed by atoms with van der Waals surface area (Å²) >= 11 is 0. The molecule has 3 aliphatic rings. The molecule has 3 amide bonds. The fourth-order valence-corrected chi connectivity index (χ4v) is 5.85. The fourth-order valence-electron chi connectivity index (χ4n) is 5.85. The molecule has 2 aromatic carbocycles. The van der Waals surface area contributed by atoms with Gasteiger partial charge in [0.25, 0.3) is 5.91 Å². The number of hydrogen-bond donors (Lipinski definition) is 1. The summed E-state index contributed by atoms with van der Waals surface area (Å²) in [6.07, 6.45) is -5.19. The number of likely N-dealkylation sites (tertiary alicyclic amines) is 1. The first-order valence-corrected chi connectivity index (χ1v) is 14.6. The summed E-state index contributed by atoms with van der Waals surface area (Å²) in [4.78, 5) is 42.4. The highest BCUT2D eigenvalue weighted by atomic mass is 19.4. The molecule has 13 heteroatoms.